The zero-order chi connectivity index (χ0) is 19.6. The molecule has 0 radical (unpaired) electrons. The topological polar surface area (TPSA) is 72.7 Å². The van der Waals surface area contributed by atoms with Crippen molar-refractivity contribution in [2.45, 2.75) is 89.8 Å². The summed E-state index contributed by atoms with van der Waals surface area (Å²) in [6.45, 7) is 5.20. The average Bonchev–Trinajstić information content (AvgIpc) is 3.02. The molecular formula is C20H34N4O2S. The maximum absolute atomic E-state index is 12.4. The second-order valence-corrected chi connectivity index (χ2v) is 8.28. The Morgan fingerprint density at radius 1 is 0.926 bits per heavy atom. The van der Waals surface area contributed by atoms with Crippen LogP contribution < -0.4 is 11.2 Å². The first kappa shape index (κ1) is 21.8. The fraction of sp³-hybridized carbons (Fsp3) is 0.750. The van der Waals surface area contributed by atoms with Gasteiger partial charge in [0.1, 0.15) is 0 Å². The summed E-state index contributed by atoms with van der Waals surface area (Å²) in [6.07, 6.45) is 12.1. The third kappa shape index (κ3) is 5.99. The van der Waals surface area contributed by atoms with E-state index in [1.54, 1.807) is 18.8 Å². The third-order valence-corrected chi connectivity index (χ3v) is 6.00. The monoisotopic (exact) mass is 394 g/mol. The van der Waals surface area contributed by atoms with Gasteiger partial charge in [0, 0.05) is 19.3 Å². The summed E-state index contributed by atoms with van der Waals surface area (Å²) < 4.78 is 3.46. The van der Waals surface area contributed by atoms with Crippen LogP contribution in [0.15, 0.2) is 14.7 Å². The molecular weight excluding hydrogens is 360 g/mol. The first-order chi connectivity index (χ1) is 13.1. The van der Waals surface area contributed by atoms with Crippen LogP contribution >= 0.6 is 11.8 Å². The molecule has 0 aliphatic rings. The molecule has 2 aromatic rings. The number of H-pyrrole nitrogens is 1. The van der Waals surface area contributed by atoms with E-state index in [1.165, 1.54) is 49.5 Å². The number of imidazole rings is 1. The largest absolute Gasteiger partial charge is 0.329 e. The number of aromatic amines is 1. The summed E-state index contributed by atoms with van der Waals surface area (Å²) in [7, 11) is 1.66. The maximum atomic E-state index is 12.4. The van der Waals surface area contributed by atoms with Gasteiger partial charge in [0.2, 0.25) is 0 Å². The molecule has 6 nitrogen and oxygen atoms in total. The quantitative estimate of drug-likeness (QED) is 0.402. The van der Waals surface area contributed by atoms with Gasteiger partial charge in [-0.25, -0.2) is 9.78 Å². The van der Waals surface area contributed by atoms with E-state index in [0.29, 0.717) is 11.2 Å². The van der Waals surface area contributed by atoms with Crippen molar-refractivity contribution in [3.63, 3.8) is 0 Å². The van der Waals surface area contributed by atoms with Gasteiger partial charge in [0.05, 0.1) is 0 Å². The molecule has 0 unspecified atom stereocenters. The fourth-order valence-electron chi connectivity index (χ4n) is 3.27. The predicted molar refractivity (Wildman–Crippen MR) is 114 cm³/mol. The van der Waals surface area contributed by atoms with Crippen LogP contribution in [0, 0.1) is 0 Å². The van der Waals surface area contributed by atoms with E-state index in [4.69, 9.17) is 0 Å². The molecule has 2 heterocycles. The molecule has 0 saturated heterocycles. The number of fused-ring (bicyclic) bond motifs is 1. The van der Waals surface area contributed by atoms with Crippen LogP contribution in [-0.4, -0.2) is 24.9 Å². The Labute approximate surface area is 165 Å². The lowest BCUT2D eigenvalue weighted by Gasteiger charge is -2.08. The number of aryl methyl sites for hydroxylation is 2. The van der Waals surface area contributed by atoms with Gasteiger partial charge in [0.25, 0.3) is 5.56 Å². The molecule has 0 aliphatic carbocycles. The smallest absolute Gasteiger partial charge is 0.313 e. The van der Waals surface area contributed by atoms with Crippen molar-refractivity contribution >= 4 is 22.9 Å². The van der Waals surface area contributed by atoms with Gasteiger partial charge in [-0.1, -0.05) is 77.0 Å². The van der Waals surface area contributed by atoms with Crippen LogP contribution in [0.2, 0.25) is 0 Å². The van der Waals surface area contributed by atoms with Crippen molar-refractivity contribution in [3.05, 3.63) is 20.8 Å². The molecule has 2 rings (SSSR count). The van der Waals surface area contributed by atoms with Gasteiger partial charge in [-0.3, -0.25) is 14.3 Å². The molecule has 0 aromatic carbocycles. The number of aromatic nitrogens is 4. The first-order valence-electron chi connectivity index (χ1n) is 10.4. The summed E-state index contributed by atoms with van der Waals surface area (Å²) in [5, 5.41) is 0.863. The number of nitrogens with zero attached hydrogens (tertiary/aromatic N) is 3. The standard InChI is InChI=1S/C20H34N4O2S/c1-4-6-8-10-11-13-15-27-20-21-17-16(18(25)22-19(26)23(17)3)24(20)14-12-9-7-5-2/h4-15H2,1-3H3,(H,22,25,26). The van der Waals surface area contributed by atoms with Gasteiger partial charge in [-0.2, -0.15) is 0 Å². The summed E-state index contributed by atoms with van der Waals surface area (Å²) in [4.78, 5) is 31.4. The molecule has 7 heteroatoms. The Morgan fingerprint density at radius 2 is 1.56 bits per heavy atom. The Hall–Kier alpha value is -1.50. The van der Waals surface area contributed by atoms with E-state index in [9.17, 15) is 9.59 Å². The molecule has 0 amide bonds. The Bertz CT molecular complexity index is 822. The Kier molecular flexibility index (Phi) is 9.18. The molecule has 0 saturated carbocycles. The molecule has 1 N–H and O–H groups in total. The van der Waals surface area contributed by atoms with Crippen molar-refractivity contribution in [1.82, 2.24) is 19.1 Å². The van der Waals surface area contributed by atoms with Gasteiger partial charge in [-0.15, -0.1) is 0 Å². The van der Waals surface area contributed by atoms with Gasteiger partial charge in [-0.05, 0) is 12.8 Å². The number of rotatable bonds is 13. The molecule has 0 aliphatic heterocycles. The lowest BCUT2D eigenvalue weighted by molar-refractivity contribution is 0.562. The molecule has 152 valence electrons. The maximum Gasteiger partial charge on any atom is 0.329 e. The van der Waals surface area contributed by atoms with Crippen LogP contribution in [-0.2, 0) is 13.6 Å². The number of unbranched alkanes of at least 4 members (excludes halogenated alkanes) is 8. The van der Waals surface area contributed by atoms with E-state index in [2.05, 4.69) is 23.8 Å². The van der Waals surface area contributed by atoms with E-state index in [0.717, 1.165) is 36.7 Å². The Balaban J connectivity index is 2.13. The first-order valence-corrected chi connectivity index (χ1v) is 11.4. The number of hydrogen-bond donors (Lipinski definition) is 1. The molecule has 0 spiro atoms. The molecule has 27 heavy (non-hydrogen) atoms. The van der Waals surface area contributed by atoms with E-state index >= 15 is 0 Å². The third-order valence-electron chi connectivity index (χ3n) is 4.94. The van der Waals surface area contributed by atoms with Crippen molar-refractivity contribution in [2.75, 3.05) is 5.75 Å². The minimum atomic E-state index is -0.407. The normalized spacial score (nSPS) is 11.5. The number of hydrogen-bond acceptors (Lipinski definition) is 4. The number of thioether (sulfide) groups is 1. The number of nitrogens with one attached hydrogen (secondary N) is 1. The summed E-state index contributed by atoms with van der Waals surface area (Å²) in [6, 6.07) is 0. The van der Waals surface area contributed by atoms with E-state index in [-0.39, 0.29) is 5.56 Å². The van der Waals surface area contributed by atoms with Crippen LogP contribution in [0.25, 0.3) is 11.2 Å². The van der Waals surface area contributed by atoms with E-state index < -0.39 is 5.69 Å². The average molecular weight is 395 g/mol. The fourth-order valence-corrected chi connectivity index (χ4v) is 4.30. The Morgan fingerprint density at radius 3 is 2.26 bits per heavy atom. The highest BCUT2D eigenvalue weighted by atomic mass is 32.2. The SMILES string of the molecule is CCCCCCCCSc1nc2c(c(=O)[nH]c(=O)n2C)n1CCCCCC. The minimum absolute atomic E-state index is 0.331. The van der Waals surface area contributed by atoms with E-state index in [1.807, 2.05) is 4.57 Å². The molecule has 0 fully saturated rings. The lowest BCUT2D eigenvalue weighted by atomic mass is 10.1. The summed E-state index contributed by atoms with van der Waals surface area (Å²) in [5.41, 5.74) is 0.279. The molecule has 2 aromatic heterocycles. The van der Waals surface area contributed by atoms with Crippen molar-refractivity contribution in [1.29, 1.82) is 0 Å². The van der Waals surface area contributed by atoms with Crippen molar-refractivity contribution < 1.29 is 0 Å². The highest BCUT2D eigenvalue weighted by molar-refractivity contribution is 7.99. The van der Waals surface area contributed by atoms with Crippen LogP contribution in [0.4, 0.5) is 0 Å². The minimum Gasteiger partial charge on any atom is -0.313 e. The molecule has 0 bridgehead atoms. The highest BCUT2D eigenvalue weighted by Crippen LogP contribution is 2.23. The van der Waals surface area contributed by atoms with Gasteiger partial charge >= 0.3 is 5.69 Å². The highest BCUT2D eigenvalue weighted by Gasteiger charge is 2.17. The van der Waals surface area contributed by atoms with Crippen LogP contribution in [0.3, 0.4) is 0 Å². The van der Waals surface area contributed by atoms with Crippen LogP contribution in [0.5, 0.6) is 0 Å². The second-order valence-electron chi connectivity index (χ2n) is 7.21. The van der Waals surface area contributed by atoms with Gasteiger partial charge in [0.15, 0.2) is 16.3 Å². The molecule has 0 atom stereocenters. The summed E-state index contributed by atoms with van der Waals surface area (Å²) in [5.74, 6) is 0.996. The summed E-state index contributed by atoms with van der Waals surface area (Å²) >= 11 is 1.71. The zero-order valence-corrected chi connectivity index (χ0v) is 17.9. The van der Waals surface area contributed by atoms with Crippen molar-refractivity contribution in [3.8, 4) is 0 Å². The predicted octanol–water partition coefficient (Wildman–Crippen LogP) is 4.46. The van der Waals surface area contributed by atoms with Crippen LogP contribution in [0.1, 0.15) is 78.1 Å². The lowest BCUT2D eigenvalue weighted by Crippen LogP contribution is -2.29. The van der Waals surface area contributed by atoms with Crippen molar-refractivity contribution in [2.24, 2.45) is 7.05 Å². The zero-order valence-electron chi connectivity index (χ0n) is 17.1. The second kappa shape index (κ2) is 11.4. The van der Waals surface area contributed by atoms with Gasteiger partial charge < -0.3 is 4.57 Å².